The molecular weight excluding hydrogens is 384 g/mol. The van der Waals surface area contributed by atoms with Crippen molar-refractivity contribution in [2.75, 3.05) is 28.3 Å². The van der Waals surface area contributed by atoms with E-state index in [1.54, 1.807) is 20.2 Å². The molecule has 1 aromatic heterocycles. The summed E-state index contributed by atoms with van der Waals surface area (Å²) >= 11 is 1.25. The van der Waals surface area contributed by atoms with Gasteiger partial charge in [-0.1, -0.05) is 12.1 Å². The van der Waals surface area contributed by atoms with Crippen molar-refractivity contribution in [3.8, 4) is 5.75 Å². The molecule has 1 heterocycles. The quantitative estimate of drug-likeness (QED) is 0.540. The SMILES string of the molecule is CN=C(NCc1ccc(S(=O)(=O)N(C)C)s1)NCc1ccc(C)cc1OC. The van der Waals surface area contributed by atoms with Crippen LogP contribution in [0, 0.1) is 6.92 Å². The van der Waals surface area contributed by atoms with E-state index in [1.165, 1.54) is 29.7 Å². The molecule has 148 valence electrons. The average molecular weight is 411 g/mol. The van der Waals surface area contributed by atoms with Gasteiger partial charge in [-0.3, -0.25) is 4.99 Å². The molecule has 0 unspecified atom stereocenters. The van der Waals surface area contributed by atoms with Gasteiger partial charge in [0.15, 0.2) is 5.96 Å². The van der Waals surface area contributed by atoms with Crippen LogP contribution in [-0.2, 0) is 23.1 Å². The number of aryl methyl sites for hydroxylation is 1. The van der Waals surface area contributed by atoms with Crippen molar-refractivity contribution < 1.29 is 13.2 Å². The summed E-state index contributed by atoms with van der Waals surface area (Å²) in [6, 6.07) is 9.49. The van der Waals surface area contributed by atoms with Crippen LogP contribution in [0.1, 0.15) is 16.0 Å². The zero-order chi connectivity index (χ0) is 20.0. The topological polar surface area (TPSA) is 83.0 Å². The highest BCUT2D eigenvalue weighted by Gasteiger charge is 2.19. The number of hydrogen-bond acceptors (Lipinski definition) is 5. The van der Waals surface area contributed by atoms with E-state index in [2.05, 4.69) is 15.6 Å². The average Bonchev–Trinajstić information content (AvgIpc) is 3.12. The van der Waals surface area contributed by atoms with Gasteiger partial charge in [-0.25, -0.2) is 12.7 Å². The number of ether oxygens (including phenoxy) is 1. The summed E-state index contributed by atoms with van der Waals surface area (Å²) < 4.78 is 31.3. The molecule has 0 amide bonds. The number of hydrogen-bond donors (Lipinski definition) is 2. The predicted octanol–water partition coefficient (Wildman–Crippen LogP) is 2.18. The Morgan fingerprint density at radius 1 is 1.19 bits per heavy atom. The summed E-state index contributed by atoms with van der Waals surface area (Å²) in [6.07, 6.45) is 0. The Morgan fingerprint density at radius 3 is 2.52 bits per heavy atom. The highest BCUT2D eigenvalue weighted by Crippen LogP contribution is 2.23. The Labute approximate surface area is 165 Å². The van der Waals surface area contributed by atoms with Crippen molar-refractivity contribution in [1.29, 1.82) is 0 Å². The van der Waals surface area contributed by atoms with Crippen molar-refractivity contribution in [1.82, 2.24) is 14.9 Å². The van der Waals surface area contributed by atoms with Gasteiger partial charge >= 0.3 is 0 Å². The lowest BCUT2D eigenvalue weighted by Gasteiger charge is -2.14. The fourth-order valence-corrected chi connectivity index (χ4v) is 4.80. The molecule has 2 rings (SSSR count). The van der Waals surface area contributed by atoms with Crippen LogP contribution in [0.15, 0.2) is 39.5 Å². The minimum absolute atomic E-state index is 0.330. The third kappa shape index (κ3) is 5.44. The minimum atomic E-state index is -3.39. The number of guanidine groups is 1. The Hall–Kier alpha value is -2.10. The first-order chi connectivity index (χ1) is 12.8. The first-order valence-electron chi connectivity index (χ1n) is 8.37. The standard InChI is InChI=1S/C18H26N4O3S2/c1-13-6-7-14(16(10-13)25-5)11-20-18(19-2)21-12-15-8-9-17(26-15)27(23,24)22(3)4/h6-10H,11-12H2,1-5H3,(H2,19,20,21). The van der Waals surface area contributed by atoms with E-state index < -0.39 is 10.0 Å². The smallest absolute Gasteiger partial charge is 0.252 e. The van der Waals surface area contributed by atoms with Gasteiger partial charge in [0, 0.05) is 38.1 Å². The van der Waals surface area contributed by atoms with E-state index in [9.17, 15) is 8.42 Å². The van der Waals surface area contributed by atoms with Crippen LogP contribution >= 0.6 is 11.3 Å². The second kappa shape index (κ2) is 9.20. The molecule has 0 spiro atoms. The number of sulfonamides is 1. The van der Waals surface area contributed by atoms with E-state index in [0.717, 1.165) is 21.8 Å². The summed E-state index contributed by atoms with van der Waals surface area (Å²) in [4.78, 5) is 5.12. The van der Waals surface area contributed by atoms with Gasteiger partial charge in [-0.2, -0.15) is 0 Å². The third-order valence-electron chi connectivity index (χ3n) is 3.91. The van der Waals surface area contributed by atoms with E-state index in [0.29, 0.717) is 23.3 Å². The molecule has 0 atom stereocenters. The van der Waals surface area contributed by atoms with Crippen molar-refractivity contribution >= 4 is 27.3 Å². The third-order valence-corrected chi connectivity index (χ3v) is 7.28. The van der Waals surface area contributed by atoms with Crippen molar-refractivity contribution in [3.63, 3.8) is 0 Å². The highest BCUT2D eigenvalue weighted by molar-refractivity contribution is 7.91. The lowest BCUT2D eigenvalue weighted by Crippen LogP contribution is -2.36. The summed E-state index contributed by atoms with van der Waals surface area (Å²) in [7, 11) is 3.01. The molecule has 0 saturated carbocycles. The predicted molar refractivity (Wildman–Crippen MR) is 110 cm³/mol. The molecule has 0 radical (unpaired) electrons. The number of thiophene rings is 1. The molecule has 0 bridgehead atoms. The molecule has 2 N–H and O–H groups in total. The number of rotatable bonds is 7. The Morgan fingerprint density at radius 2 is 1.89 bits per heavy atom. The number of nitrogens with zero attached hydrogens (tertiary/aromatic N) is 2. The Bertz CT molecular complexity index is 905. The monoisotopic (exact) mass is 410 g/mol. The van der Waals surface area contributed by atoms with Gasteiger partial charge in [0.1, 0.15) is 9.96 Å². The molecule has 7 nitrogen and oxygen atoms in total. The maximum absolute atomic E-state index is 12.2. The van der Waals surface area contributed by atoms with Gasteiger partial charge < -0.3 is 15.4 Å². The zero-order valence-corrected chi connectivity index (χ0v) is 17.9. The van der Waals surface area contributed by atoms with E-state index in [1.807, 2.05) is 31.2 Å². The van der Waals surface area contributed by atoms with Gasteiger partial charge in [0.2, 0.25) is 0 Å². The van der Waals surface area contributed by atoms with Crippen LogP contribution < -0.4 is 15.4 Å². The number of nitrogens with one attached hydrogen (secondary N) is 2. The number of aliphatic imine (C=N–C) groups is 1. The molecule has 27 heavy (non-hydrogen) atoms. The van der Waals surface area contributed by atoms with Crippen LogP contribution in [0.3, 0.4) is 0 Å². The summed E-state index contributed by atoms with van der Waals surface area (Å²) in [5.41, 5.74) is 2.17. The van der Waals surface area contributed by atoms with Crippen LogP contribution in [0.5, 0.6) is 5.75 Å². The minimum Gasteiger partial charge on any atom is -0.496 e. The first-order valence-corrected chi connectivity index (χ1v) is 10.6. The van der Waals surface area contributed by atoms with Gasteiger partial charge in [-0.05, 0) is 30.7 Å². The Balaban J connectivity index is 1.96. The fourth-order valence-electron chi connectivity index (χ4n) is 2.34. The van der Waals surface area contributed by atoms with E-state index in [-0.39, 0.29) is 0 Å². The zero-order valence-electron chi connectivity index (χ0n) is 16.2. The largest absolute Gasteiger partial charge is 0.496 e. The van der Waals surface area contributed by atoms with Crippen LogP contribution in [-0.4, -0.2) is 46.9 Å². The number of methoxy groups -OCH3 is 1. The molecule has 9 heteroatoms. The summed E-state index contributed by atoms with van der Waals surface area (Å²) in [5.74, 6) is 1.46. The lowest BCUT2D eigenvalue weighted by molar-refractivity contribution is 0.408. The molecule has 0 aliphatic rings. The molecule has 0 saturated heterocycles. The van der Waals surface area contributed by atoms with Crippen molar-refractivity contribution in [3.05, 3.63) is 46.3 Å². The normalized spacial score (nSPS) is 12.3. The summed E-state index contributed by atoms with van der Waals surface area (Å²) in [5, 5.41) is 6.44. The van der Waals surface area contributed by atoms with Crippen molar-refractivity contribution in [2.45, 2.75) is 24.2 Å². The van der Waals surface area contributed by atoms with E-state index in [4.69, 9.17) is 4.74 Å². The molecule has 1 aromatic carbocycles. The maximum atomic E-state index is 12.2. The van der Waals surface area contributed by atoms with Crippen LogP contribution in [0.2, 0.25) is 0 Å². The van der Waals surface area contributed by atoms with Crippen LogP contribution in [0.4, 0.5) is 0 Å². The molecule has 2 aromatic rings. The van der Waals surface area contributed by atoms with E-state index >= 15 is 0 Å². The maximum Gasteiger partial charge on any atom is 0.252 e. The second-order valence-corrected chi connectivity index (χ2v) is 9.65. The van der Waals surface area contributed by atoms with Gasteiger partial charge in [-0.15, -0.1) is 11.3 Å². The summed E-state index contributed by atoms with van der Waals surface area (Å²) in [6.45, 7) is 3.07. The molecular formula is C18H26N4O3S2. The number of benzene rings is 1. The second-order valence-electron chi connectivity index (χ2n) is 6.10. The first kappa shape index (κ1) is 21.2. The van der Waals surface area contributed by atoms with Gasteiger partial charge in [0.05, 0.1) is 13.7 Å². The fraction of sp³-hybridized carbons (Fsp3) is 0.389. The van der Waals surface area contributed by atoms with Gasteiger partial charge in [0.25, 0.3) is 10.0 Å². The highest BCUT2D eigenvalue weighted by atomic mass is 32.2. The molecule has 0 fully saturated rings. The molecule has 0 aliphatic carbocycles. The Kier molecular flexibility index (Phi) is 7.23. The lowest BCUT2D eigenvalue weighted by atomic mass is 10.1. The molecule has 0 aliphatic heterocycles. The van der Waals surface area contributed by atoms with Crippen LogP contribution in [0.25, 0.3) is 0 Å². The van der Waals surface area contributed by atoms with Crippen molar-refractivity contribution in [2.24, 2.45) is 4.99 Å².